The van der Waals surface area contributed by atoms with Gasteiger partial charge in [-0.1, -0.05) is 6.07 Å². The van der Waals surface area contributed by atoms with E-state index in [1.807, 2.05) is 29.3 Å². The van der Waals surface area contributed by atoms with Gasteiger partial charge in [-0.25, -0.2) is 4.98 Å². The highest BCUT2D eigenvalue weighted by Crippen LogP contribution is 2.32. The van der Waals surface area contributed by atoms with E-state index in [0.717, 1.165) is 33.3 Å². The molecule has 1 fully saturated rings. The molecule has 3 heterocycles. The van der Waals surface area contributed by atoms with Crippen molar-refractivity contribution in [3.63, 3.8) is 0 Å². The van der Waals surface area contributed by atoms with E-state index in [1.165, 1.54) is 11.3 Å². The van der Waals surface area contributed by atoms with Gasteiger partial charge in [0.05, 0.1) is 10.6 Å². The number of aryl methyl sites for hydroxylation is 1. The second-order valence-corrected chi connectivity index (χ2v) is 8.16. The van der Waals surface area contributed by atoms with Gasteiger partial charge in [-0.2, -0.15) is 0 Å². The van der Waals surface area contributed by atoms with Crippen molar-refractivity contribution < 1.29 is 9.59 Å². The summed E-state index contributed by atoms with van der Waals surface area (Å²) >= 11 is 3.10. The molecule has 1 saturated heterocycles. The van der Waals surface area contributed by atoms with Gasteiger partial charge in [0.15, 0.2) is 0 Å². The van der Waals surface area contributed by atoms with E-state index in [-0.39, 0.29) is 17.7 Å². The predicted octanol–water partition coefficient (Wildman–Crippen LogP) is 3.12. The maximum Gasteiger partial charge on any atom is 0.265 e. The van der Waals surface area contributed by atoms with Gasteiger partial charge in [-0.3, -0.25) is 9.59 Å². The molecule has 0 aliphatic carbocycles. The Balaban J connectivity index is 1.69. The molecular formula is C17H21N3O2S2. The summed E-state index contributed by atoms with van der Waals surface area (Å²) in [6.07, 6.45) is 1.47. The zero-order valence-corrected chi connectivity index (χ0v) is 15.7. The molecule has 0 bridgehead atoms. The number of carbonyl (C=O) groups is 2. The predicted molar refractivity (Wildman–Crippen MR) is 97.5 cm³/mol. The van der Waals surface area contributed by atoms with Gasteiger partial charge >= 0.3 is 0 Å². The first-order valence-corrected chi connectivity index (χ1v) is 9.68. The van der Waals surface area contributed by atoms with Crippen LogP contribution in [0, 0.1) is 12.8 Å². The molecule has 7 heteroatoms. The fraction of sp³-hybridized carbons (Fsp3) is 0.471. The minimum absolute atomic E-state index is 0.0355. The molecule has 0 radical (unpaired) electrons. The first-order valence-electron chi connectivity index (χ1n) is 7.99. The summed E-state index contributed by atoms with van der Waals surface area (Å²) in [6.45, 7) is 3.16. The number of amides is 2. The molecule has 0 saturated carbocycles. The van der Waals surface area contributed by atoms with Crippen molar-refractivity contribution in [2.45, 2.75) is 19.8 Å². The van der Waals surface area contributed by atoms with Crippen LogP contribution in [0.1, 0.15) is 28.2 Å². The molecule has 0 N–H and O–H groups in total. The first-order chi connectivity index (χ1) is 11.5. The largest absolute Gasteiger partial charge is 0.349 e. The Morgan fingerprint density at radius 1 is 1.29 bits per heavy atom. The number of thiophene rings is 1. The quantitative estimate of drug-likeness (QED) is 0.842. The number of thiazole rings is 1. The normalized spacial score (nSPS) is 15.5. The molecule has 128 valence electrons. The van der Waals surface area contributed by atoms with Crippen LogP contribution in [-0.2, 0) is 4.79 Å². The monoisotopic (exact) mass is 363 g/mol. The molecule has 1 aliphatic rings. The van der Waals surface area contributed by atoms with Crippen LogP contribution < -0.4 is 0 Å². The summed E-state index contributed by atoms with van der Waals surface area (Å²) in [6, 6.07) is 4.01. The fourth-order valence-electron chi connectivity index (χ4n) is 2.94. The Morgan fingerprint density at radius 2 is 2.00 bits per heavy atom. The highest BCUT2D eigenvalue weighted by atomic mass is 32.1. The van der Waals surface area contributed by atoms with Gasteiger partial charge in [-0.15, -0.1) is 22.7 Å². The number of hydrogen-bond acceptors (Lipinski definition) is 5. The number of hydrogen-bond donors (Lipinski definition) is 0. The van der Waals surface area contributed by atoms with Gasteiger partial charge in [0.25, 0.3) is 5.91 Å². The third kappa shape index (κ3) is 3.37. The SMILES string of the molecule is Cc1nc(-c2cccs2)sc1C(=O)N1CCC(C(=O)N(C)C)CC1. The van der Waals surface area contributed by atoms with Gasteiger partial charge in [0.2, 0.25) is 5.91 Å². The van der Waals surface area contributed by atoms with Crippen molar-refractivity contribution in [2.24, 2.45) is 5.92 Å². The maximum absolute atomic E-state index is 12.8. The van der Waals surface area contributed by atoms with Crippen molar-refractivity contribution in [2.75, 3.05) is 27.2 Å². The van der Waals surface area contributed by atoms with Crippen LogP contribution in [0.25, 0.3) is 9.88 Å². The van der Waals surface area contributed by atoms with Crippen LogP contribution in [0.4, 0.5) is 0 Å². The fourth-order valence-corrected chi connectivity index (χ4v) is 4.77. The molecule has 0 aromatic carbocycles. The molecule has 0 unspecified atom stereocenters. The smallest absolute Gasteiger partial charge is 0.265 e. The van der Waals surface area contributed by atoms with Gasteiger partial charge < -0.3 is 9.80 Å². The lowest BCUT2D eigenvalue weighted by Crippen LogP contribution is -2.42. The van der Waals surface area contributed by atoms with E-state index < -0.39 is 0 Å². The molecule has 24 heavy (non-hydrogen) atoms. The first kappa shape index (κ1) is 17.1. The highest BCUT2D eigenvalue weighted by Gasteiger charge is 2.30. The van der Waals surface area contributed by atoms with E-state index >= 15 is 0 Å². The highest BCUT2D eigenvalue weighted by molar-refractivity contribution is 7.22. The molecule has 0 spiro atoms. The van der Waals surface area contributed by atoms with Gasteiger partial charge in [0.1, 0.15) is 9.88 Å². The second-order valence-electron chi connectivity index (χ2n) is 6.21. The third-order valence-corrected chi connectivity index (χ3v) is 6.48. The van der Waals surface area contributed by atoms with E-state index in [4.69, 9.17) is 0 Å². The Bertz CT molecular complexity index is 729. The number of carbonyl (C=O) groups excluding carboxylic acids is 2. The van der Waals surface area contributed by atoms with Crippen LogP contribution in [0.5, 0.6) is 0 Å². The summed E-state index contributed by atoms with van der Waals surface area (Å²) in [5.41, 5.74) is 0.792. The lowest BCUT2D eigenvalue weighted by Gasteiger charge is -2.32. The number of nitrogens with zero attached hydrogens (tertiary/aromatic N) is 3. The Morgan fingerprint density at radius 3 is 2.58 bits per heavy atom. The zero-order valence-electron chi connectivity index (χ0n) is 14.1. The average Bonchev–Trinajstić information content (AvgIpc) is 3.23. The number of aromatic nitrogens is 1. The summed E-state index contributed by atoms with van der Waals surface area (Å²) in [4.78, 5) is 34.7. The Hall–Kier alpha value is -1.73. The molecule has 1 aliphatic heterocycles. The zero-order chi connectivity index (χ0) is 17.3. The Kier molecular flexibility index (Phi) is 5.01. The van der Waals surface area contributed by atoms with E-state index in [1.54, 1.807) is 30.3 Å². The molecule has 0 atom stereocenters. The van der Waals surface area contributed by atoms with Crippen molar-refractivity contribution in [1.82, 2.24) is 14.8 Å². The number of piperidine rings is 1. The van der Waals surface area contributed by atoms with Crippen LogP contribution >= 0.6 is 22.7 Å². The van der Waals surface area contributed by atoms with Crippen molar-refractivity contribution in [3.05, 3.63) is 28.1 Å². The van der Waals surface area contributed by atoms with Crippen molar-refractivity contribution >= 4 is 34.5 Å². The lowest BCUT2D eigenvalue weighted by molar-refractivity contribution is -0.134. The summed E-state index contributed by atoms with van der Waals surface area (Å²) in [5.74, 6) is 0.243. The second kappa shape index (κ2) is 7.03. The Labute approximate surface area is 149 Å². The van der Waals surface area contributed by atoms with E-state index in [2.05, 4.69) is 4.98 Å². The minimum atomic E-state index is 0.0355. The molecular weight excluding hydrogens is 342 g/mol. The molecule has 3 rings (SSSR count). The number of likely N-dealkylation sites (tertiary alicyclic amines) is 1. The van der Waals surface area contributed by atoms with Crippen molar-refractivity contribution in [1.29, 1.82) is 0 Å². The van der Waals surface area contributed by atoms with Crippen LogP contribution in [0.2, 0.25) is 0 Å². The number of rotatable bonds is 3. The van der Waals surface area contributed by atoms with Crippen LogP contribution in [0.3, 0.4) is 0 Å². The summed E-state index contributed by atoms with van der Waals surface area (Å²) in [5, 5.41) is 2.92. The summed E-state index contributed by atoms with van der Waals surface area (Å²) < 4.78 is 0. The van der Waals surface area contributed by atoms with E-state index in [9.17, 15) is 9.59 Å². The van der Waals surface area contributed by atoms with Gasteiger partial charge in [0, 0.05) is 33.1 Å². The standard InChI is InChI=1S/C17H21N3O2S2/c1-11-14(24-15(18-11)13-5-4-10-23-13)17(22)20-8-6-12(7-9-20)16(21)19(2)3/h4-5,10,12H,6-9H2,1-3H3. The molecule has 5 nitrogen and oxygen atoms in total. The van der Waals surface area contributed by atoms with Gasteiger partial charge in [-0.05, 0) is 31.2 Å². The van der Waals surface area contributed by atoms with E-state index in [0.29, 0.717) is 13.1 Å². The minimum Gasteiger partial charge on any atom is -0.349 e. The molecule has 2 aromatic heterocycles. The van der Waals surface area contributed by atoms with Crippen LogP contribution in [0.15, 0.2) is 17.5 Å². The molecule has 2 amide bonds. The topological polar surface area (TPSA) is 53.5 Å². The summed E-state index contributed by atoms with van der Waals surface area (Å²) in [7, 11) is 3.57. The average molecular weight is 364 g/mol. The molecule has 2 aromatic rings. The van der Waals surface area contributed by atoms with Crippen molar-refractivity contribution in [3.8, 4) is 9.88 Å². The third-order valence-electron chi connectivity index (χ3n) is 4.29. The maximum atomic E-state index is 12.8. The lowest BCUT2D eigenvalue weighted by atomic mass is 9.95. The van der Waals surface area contributed by atoms with Crippen LogP contribution in [-0.4, -0.2) is 53.8 Å².